The molecule has 4 N–H and O–H groups in total. The molecule has 190 valence electrons. The van der Waals surface area contributed by atoms with Crippen LogP contribution in [0.3, 0.4) is 0 Å². The summed E-state index contributed by atoms with van der Waals surface area (Å²) >= 11 is 0. The molecule has 0 unspecified atom stereocenters. The van der Waals surface area contributed by atoms with Gasteiger partial charge < -0.3 is 39.8 Å². The average Bonchev–Trinajstić information content (AvgIpc) is 3.34. The van der Waals surface area contributed by atoms with Crippen LogP contribution < -0.4 is 10.6 Å². The maximum Gasteiger partial charge on any atom is 0.338 e. The van der Waals surface area contributed by atoms with Crippen LogP contribution in [0, 0.1) is 0 Å². The molecule has 1 fully saturated rings. The molecule has 35 heavy (non-hydrogen) atoms. The first kappa shape index (κ1) is 26.4. The normalized spacial score (nSPS) is 21.2. The number of hydrogen-bond acceptors (Lipinski definition) is 9. The lowest BCUT2D eigenvalue weighted by molar-refractivity contribution is -0.121. The zero-order valence-corrected chi connectivity index (χ0v) is 19.2. The van der Waals surface area contributed by atoms with E-state index in [4.69, 9.17) is 29.2 Å². The molecule has 1 aromatic rings. The lowest BCUT2D eigenvalue weighted by atomic mass is 9.91. The number of ether oxygens (including phenoxy) is 4. The summed E-state index contributed by atoms with van der Waals surface area (Å²) in [6.45, 7) is 0.211. The largest absolute Gasteiger partial charge is 0.499 e. The lowest BCUT2D eigenvalue weighted by Crippen LogP contribution is -2.43. The number of hydrogen-bond donors (Lipinski definition) is 4. The van der Waals surface area contributed by atoms with Crippen LogP contribution in [-0.2, 0) is 28.5 Å². The molecule has 3 atom stereocenters. The molecule has 1 saturated heterocycles. The Kier molecular flexibility index (Phi) is 10.2. The van der Waals surface area contributed by atoms with E-state index in [1.54, 1.807) is 36.4 Å². The molecule has 1 aromatic carbocycles. The van der Waals surface area contributed by atoms with Gasteiger partial charge >= 0.3 is 5.97 Å². The minimum absolute atomic E-state index is 0.0218. The molecular weight excluding hydrogens is 460 g/mol. The summed E-state index contributed by atoms with van der Waals surface area (Å²) in [5.41, 5.74) is 1.41. The Labute approximate surface area is 202 Å². The van der Waals surface area contributed by atoms with Crippen molar-refractivity contribution in [1.29, 1.82) is 0 Å². The van der Waals surface area contributed by atoms with Crippen molar-refractivity contribution in [3.05, 3.63) is 53.3 Å². The second-order valence-electron chi connectivity index (χ2n) is 7.82. The Morgan fingerprint density at radius 3 is 2.77 bits per heavy atom. The van der Waals surface area contributed by atoms with Gasteiger partial charge in [0.25, 0.3) is 0 Å². The van der Waals surface area contributed by atoms with Crippen molar-refractivity contribution >= 4 is 23.9 Å². The fourth-order valence-electron chi connectivity index (χ4n) is 3.63. The Bertz CT molecular complexity index is 947. The molecular formula is C24H30N2O9. The van der Waals surface area contributed by atoms with Crippen LogP contribution in [0.1, 0.15) is 28.8 Å². The summed E-state index contributed by atoms with van der Waals surface area (Å²) in [7, 11) is 0. The molecule has 2 aliphatic rings. The molecule has 0 spiro atoms. The van der Waals surface area contributed by atoms with Crippen molar-refractivity contribution in [2.45, 2.75) is 31.2 Å². The number of nitrogens with one attached hydrogen (secondary N) is 2. The Morgan fingerprint density at radius 2 is 1.97 bits per heavy atom. The fourth-order valence-corrected chi connectivity index (χ4v) is 3.63. The van der Waals surface area contributed by atoms with E-state index in [2.05, 4.69) is 10.6 Å². The van der Waals surface area contributed by atoms with E-state index in [-0.39, 0.29) is 64.4 Å². The Morgan fingerprint density at radius 1 is 1.11 bits per heavy atom. The third kappa shape index (κ3) is 7.89. The van der Waals surface area contributed by atoms with Gasteiger partial charge in [-0.3, -0.25) is 9.59 Å². The first-order chi connectivity index (χ1) is 17.0. The summed E-state index contributed by atoms with van der Waals surface area (Å²) in [6, 6.07) is 6.75. The molecule has 3 rings (SSSR count). The molecule has 11 nitrogen and oxygen atoms in total. The van der Waals surface area contributed by atoms with Crippen molar-refractivity contribution in [2.75, 3.05) is 39.7 Å². The highest BCUT2D eigenvalue weighted by atomic mass is 16.7. The van der Waals surface area contributed by atoms with Crippen molar-refractivity contribution in [2.24, 2.45) is 0 Å². The van der Waals surface area contributed by atoms with Crippen LogP contribution in [0.2, 0.25) is 0 Å². The van der Waals surface area contributed by atoms with E-state index in [0.29, 0.717) is 16.7 Å². The zero-order valence-electron chi connectivity index (χ0n) is 19.2. The zero-order chi connectivity index (χ0) is 25.0. The predicted octanol–water partition coefficient (Wildman–Crippen LogP) is -0.122. The van der Waals surface area contributed by atoms with Gasteiger partial charge in [0, 0.05) is 31.5 Å². The fraction of sp³-hybridized carbons (Fsp3) is 0.458. The van der Waals surface area contributed by atoms with Crippen LogP contribution >= 0.6 is 0 Å². The van der Waals surface area contributed by atoms with Crippen LogP contribution in [-0.4, -0.2) is 86.0 Å². The maximum absolute atomic E-state index is 12.9. The van der Waals surface area contributed by atoms with Gasteiger partial charge in [-0.1, -0.05) is 12.1 Å². The van der Waals surface area contributed by atoms with Gasteiger partial charge in [-0.25, -0.2) is 4.79 Å². The number of carbonyl (C=O) groups is 3. The Balaban J connectivity index is 1.59. The van der Waals surface area contributed by atoms with E-state index < -0.39 is 24.3 Å². The second-order valence-corrected chi connectivity index (χ2v) is 7.82. The van der Waals surface area contributed by atoms with Crippen LogP contribution in [0.4, 0.5) is 0 Å². The lowest BCUT2D eigenvalue weighted by Gasteiger charge is -2.30. The molecule has 1 heterocycles. The topological polar surface area (TPSA) is 153 Å². The van der Waals surface area contributed by atoms with Crippen molar-refractivity contribution in [3.8, 4) is 0 Å². The number of rotatable bonds is 12. The van der Waals surface area contributed by atoms with E-state index >= 15 is 0 Å². The van der Waals surface area contributed by atoms with E-state index in [0.717, 1.165) is 0 Å². The second kappa shape index (κ2) is 13.6. The summed E-state index contributed by atoms with van der Waals surface area (Å²) in [6.07, 6.45) is 3.14. The standard InChI is InChI=1S/C24H30N2O9/c27-8-7-25-21(29)4-6-26-23(30)18-13-19-22(34-15-33-19)20(14-18)35-24(31)17-3-1-2-16(12-17)5-10-32-11-9-28/h1-3,5,10,12-13,19-20,22,27-28H,4,6-9,11,14-15H2,(H,25,29)(H,26,30)/t19-,20-,22-/m1/s1. The number of carbonyl (C=O) groups excluding carboxylic acids is 3. The molecule has 0 bridgehead atoms. The number of amides is 2. The molecule has 2 amide bonds. The van der Waals surface area contributed by atoms with Crippen molar-refractivity contribution < 1.29 is 43.5 Å². The van der Waals surface area contributed by atoms with Gasteiger partial charge in [-0.15, -0.1) is 0 Å². The number of aliphatic hydroxyl groups excluding tert-OH is 2. The molecule has 11 heteroatoms. The van der Waals surface area contributed by atoms with E-state index in [1.165, 1.54) is 6.26 Å². The third-order valence-corrected chi connectivity index (χ3v) is 5.31. The summed E-state index contributed by atoms with van der Waals surface area (Å²) < 4.78 is 21.9. The monoisotopic (exact) mass is 490 g/mol. The van der Waals surface area contributed by atoms with Crippen LogP contribution in [0.15, 0.2) is 42.2 Å². The molecule has 1 aliphatic heterocycles. The SMILES string of the molecule is O=C(CCNC(=O)C1=C[C@H]2OCO[C@H]2[C@H](OC(=O)c2cccc(C=COCCO)c2)C1)NCCO. The van der Waals surface area contributed by atoms with Crippen LogP contribution in [0.25, 0.3) is 6.08 Å². The summed E-state index contributed by atoms with van der Waals surface area (Å²) in [5, 5.41) is 22.7. The molecule has 0 saturated carbocycles. The molecule has 0 radical (unpaired) electrons. The van der Waals surface area contributed by atoms with Crippen LogP contribution in [0.5, 0.6) is 0 Å². The first-order valence-corrected chi connectivity index (χ1v) is 11.3. The van der Waals surface area contributed by atoms with Crippen molar-refractivity contribution in [3.63, 3.8) is 0 Å². The number of aliphatic hydroxyl groups is 2. The highest BCUT2D eigenvalue weighted by Crippen LogP contribution is 2.30. The van der Waals surface area contributed by atoms with Gasteiger partial charge in [-0.2, -0.15) is 0 Å². The summed E-state index contributed by atoms with van der Waals surface area (Å²) in [5.74, 6) is -1.24. The quantitative estimate of drug-likeness (QED) is 0.178. The minimum Gasteiger partial charge on any atom is -0.499 e. The minimum atomic E-state index is -0.735. The predicted molar refractivity (Wildman–Crippen MR) is 123 cm³/mol. The highest BCUT2D eigenvalue weighted by molar-refractivity contribution is 5.94. The van der Waals surface area contributed by atoms with E-state index in [9.17, 15) is 14.4 Å². The number of esters is 1. The summed E-state index contributed by atoms with van der Waals surface area (Å²) in [4.78, 5) is 37.1. The molecule has 1 aliphatic carbocycles. The number of benzene rings is 1. The van der Waals surface area contributed by atoms with Crippen molar-refractivity contribution in [1.82, 2.24) is 10.6 Å². The first-order valence-electron chi connectivity index (χ1n) is 11.3. The van der Waals surface area contributed by atoms with E-state index in [1.807, 2.05) is 0 Å². The van der Waals surface area contributed by atoms with Gasteiger partial charge in [0.1, 0.15) is 31.7 Å². The molecule has 0 aromatic heterocycles. The average molecular weight is 491 g/mol. The van der Waals surface area contributed by atoms with Gasteiger partial charge in [-0.05, 0) is 29.8 Å². The Hall–Kier alpha value is -3.25. The smallest absolute Gasteiger partial charge is 0.338 e. The number of fused-ring (bicyclic) bond motifs is 1. The van der Waals surface area contributed by atoms with Gasteiger partial charge in [0.2, 0.25) is 11.8 Å². The maximum atomic E-state index is 12.9. The van der Waals surface area contributed by atoms with Gasteiger partial charge in [0.15, 0.2) is 0 Å². The highest BCUT2D eigenvalue weighted by Gasteiger charge is 2.42. The third-order valence-electron chi connectivity index (χ3n) is 5.31. The van der Waals surface area contributed by atoms with Gasteiger partial charge in [0.05, 0.1) is 25.0 Å².